The molecule has 0 aromatic rings. The Morgan fingerprint density at radius 3 is 1.81 bits per heavy atom. The number of ether oxygens (including phenoxy) is 2. The van der Waals surface area contributed by atoms with Crippen LogP contribution in [0, 0.1) is 0 Å². The Labute approximate surface area is 131 Å². The molecule has 0 rings (SSSR count). The molecule has 1 N–H and O–H groups in total. The summed E-state index contributed by atoms with van der Waals surface area (Å²) < 4.78 is 11.5. The van der Waals surface area contributed by atoms with Crippen molar-refractivity contribution in [2.24, 2.45) is 0 Å². The first-order valence-electron chi connectivity index (χ1n) is 8.63. The summed E-state index contributed by atoms with van der Waals surface area (Å²) in [6.07, 6.45) is 13.8. The zero-order valence-corrected chi connectivity index (χ0v) is 14.5. The molecule has 0 spiro atoms. The topological polar surface area (TPSA) is 38.7 Å². The van der Waals surface area contributed by atoms with Crippen LogP contribution in [0.15, 0.2) is 12.2 Å². The zero-order valence-electron chi connectivity index (χ0n) is 14.5. The van der Waals surface area contributed by atoms with Crippen LogP contribution in [0.4, 0.5) is 0 Å². The summed E-state index contributed by atoms with van der Waals surface area (Å²) in [6.45, 7) is 8.49. The first-order valence-corrected chi connectivity index (χ1v) is 8.63. The third-order valence-electron chi connectivity index (χ3n) is 3.12. The van der Waals surface area contributed by atoms with Crippen molar-refractivity contribution in [3.05, 3.63) is 12.2 Å². The van der Waals surface area contributed by atoms with Crippen molar-refractivity contribution in [1.29, 1.82) is 0 Å². The molecular formula is C18H36O3. The van der Waals surface area contributed by atoms with E-state index in [2.05, 4.69) is 12.2 Å². The van der Waals surface area contributed by atoms with Gasteiger partial charge in [0.2, 0.25) is 0 Å². The van der Waals surface area contributed by atoms with E-state index in [9.17, 15) is 0 Å². The third-order valence-corrected chi connectivity index (χ3v) is 3.12. The van der Waals surface area contributed by atoms with Gasteiger partial charge in [-0.2, -0.15) is 0 Å². The summed E-state index contributed by atoms with van der Waals surface area (Å²) in [6, 6.07) is 0. The zero-order chi connectivity index (χ0) is 15.9. The van der Waals surface area contributed by atoms with Crippen LogP contribution < -0.4 is 0 Å². The fourth-order valence-electron chi connectivity index (χ4n) is 2.16. The van der Waals surface area contributed by atoms with E-state index >= 15 is 0 Å². The van der Waals surface area contributed by atoms with Gasteiger partial charge in [0.25, 0.3) is 0 Å². The van der Waals surface area contributed by atoms with Gasteiger partial charge in [0.15, 0.2) is 6.29 Å². The summed E-state index contributed by atoms with van der Waals surface area (Å²) in [4.78, 5) is 0. The molecule has 0 aliphatic rings. The van der Waals surface area contributed by atoms with E-state index in [1.807, 2.05) is 27.7 Å². The lowest BCUT2D eigenvalue weighted by Gasteiger charge is -2.21. The van der Waals surface area contributed by atoms with Crippen LogP contribution in [-0.2, 0) is 9.47 Å². The molecule has 0 aliphatic carbocycles. The number of aliphatic hydroxyl groups excluding tert-OH is 1. The largest absolute Gasteiger partial charge is 0.396 e. The molecule has 3 heteroatoms. The molecule has 21 heavy (non-hydrogen) atoms. The van der Waals surface area contributed by atoms with Gasteiger partial charge in [-0.15, -0.1) is 0 Å². The molecule has 0 bridgehead atoms. The van der Waals surface area contributed by atoms with Crippen LogP contribution in [-0.4, -0.2) is 30.2 Å². The van der Waals surface area contributed by atoms with Crippen molar-refractivity contribution in [3.63, 3.8) is 0 Å². The van der Waals surface area contributed by atoms with Crippen LogP contribution in [0.3, 0.4) is 0 Å². The Kier molecular flexibility index (Phi) is 14.3. The van der Waals surface area contributed by atoms with Gasteiger partial charge in [-0.3, -0.25) is 0 Å². The van der Waals surface area contributed by atoms with Crippen molar-refractivity contribution in [3.8, 4) is 0 Å². The third kappa shape index (κ3) is 15.8. The SMILES string of the molecule is CC(C)OC(C/C=C\CCCCCCCCO)OC(C)C. The highest BCUT2D eigenvalue weighted by Crippen LogP contribution is 2.11. The second-order valence-electron chi connectivity index (χ2n) is 6.14. The summed E-state index contributed by atoms with van der Waals surface area (Å²) in [5, 5.41) is 8.69. The summed E-state index contributed by atoms with van der Waals surface area (Å²) >= 11 is 0. The standard InChI is InChI=1S/C18H36O3/c1-16(2)20-18(21-17(3)4)14-12-10-8-6-5-7-9-11-13-15-19/h10,12,16-19H,5-9,11,13-15H2,1-4H3/b12-10-. The van der Waals surface area contributed by atoms with E-state index in [1.54, 1.807) is 0 Å². The van der Waals surface area contributed by atoms with E-state index in [-0.39, 0.29) is 18.5 Å². The summed E-state index contributed by atoms with van der Waals surface area (Å²) in [7, 11) is 0. The van der Waals surface area contributed by atoms with E-state index in [0.29, 0.717) is 6.61 Å². The second-order valence-corrected chi connectivity index (χ2v) is 6.14. The predicted octanol–water partition coefficient (Wildman–Crippen LogP) is 4.83. The highest BCUT2D eigenvalue weighted by atomic mass is 16.7. The van der Waals surface area contributed by atoms with Crippen molar-refractivity contribution < 1.29 is 14.6 Å². The van der Waals surface area contributed by atoms with Gasteiger partial charge in [-0.05, 0) is 47.0 Å². The van der Waals surface area contributed by atoms with Crippen LogP contribution in [0.25, 0.3) is 0 Å². The van der Waals surface area contributed by atoms with Gasteiger partial charge >= 0.3 is 0 Å². The maximum Gasteiger partial charge on any atom is 0.161 e. The van der Waals surface area contributed by atoms with Gasteiger partial charge < -0.3 is 14.6 Å². The minimum Gasteiger partial charge on any atom is -0.396 e. The molecule has 0 fully saturated rings. The minimum absolute atomic E-state index is 0.125. The molecule has 3 nitrogen and oxygen atoms in total. The lowest BCUT2D eigenvalue weighted by atomic mass is 10.1. The Bertz CT molecular complexity index is 227. The molecule has 0 atom stereocenters. The van der Waals surface area contributed by atoms with E-state index in [0.717, 1.165) is 25.7 Å². The Morgan fingerprint density at radius 1 is 0.762 bits per heavy atom. The quantitative estimate of drug-likeness (QED) is 0.284. The van der Waals surface area contributed by atoms with Crippen LogP contribution in [0.2, 0.25) is 0 Å². The minimum atomic E-state index is -0.125. The number of unbranched alkanes of at least 4 members (excludes halogenated alkanes) is 6. The lowest BCUT2D eigenvalue weighted by Crippen LogP contribution is -2.23. The van der Waals surface area contributed by atoms with E-state index < -0.39 is 0 Å². The molecule has 0 aromatic carbocycles. The summed E-state index contributed by atoms with van der Waals surface area (Å²) in [5.74, 6) is 0. The van der Waals surface area contributed by atoms with Crippen LogP contribution in [0.1, 0.15) is 79.1 Å². The number of aliphatic hydroxyl groups is 1. The first kappa shape index (κ1) is 20.6. The molecule has 0 saturated carbocycles. The van der Waals surface area contributed by atoms with Crippen molar-refractivity contribution in [1.82, 2.24) is 0 Å². The van der Waals surface area contributed by atoms with Gasteiger partial charge in [0.1, 0.15) is 0 Å². The van der Waals surface area contributed by atoms with Crippen molar-refractivity contribution in [2.75, 3.05) is 6.61 Å². The number of hydrogen-bond acceptors (Lipinski definition) is 3. The first-order chi connectivity index (χ1) is 10.1. The molecule has 126 valence electrons. The highest BCUT2D eigenvalue weighted by molar-refractivity contribution is 4.83. The number of allylic oxidation sites excluding steroid dienone is 1. The number of hydrogen-bond donors (Lipinski definition) is 1. The number of rotatable bonds is 14. The van der Waals surface area contributed by atoms with Crippen LogP contribution in [0.5, 0.6) is 0 Å². The van der Waals surface area contributed by atoms with Crippen molar-refractivity contribution >= 4 is 0 Å². The molecular weight excluding hydrogens is 264 g/mol. The van der Waals surface area contributed by atoms with Gasteiger partial charge in [0, 0.05) is 13.0 Å². The van der Waals surface area contributed by atoms with Crippen LogP contribution >= 0.6 is 0 Å². The monoisotopic (exact) mass is 300 g/mol. The molecule has 0 aliphatic heterocycles. The molecule has 0 heterocycles. The fraction of sp³-hybridized carbons (Fsp3) is 0.889. The summed E-state index contributed by atoms with van der Waals surface area (Å²) in [5.41, 5.74) is 0. The van der Waals surface area contributed by atoms with E-state index in [4.69, 9.17) is 14.6 Å². The molecule has 0 saturated heterocycles. The highest BCUT2D eigenvalue weighted by Gasteiger charge is 2.11. The second kappa shape index (κ2) is 14.6. The normalized spacial score (nSPS) is 12.4. The van der Waals surface area contributed by atoms with Gasteiger partial charge in [-0.1, -0.05) is 37.8 Å². The predicted molar refractivity (Wildman–Crippen MR) is 89.4 cm³/mol. The lowest BCUT2D eigenvalue weighted by molar-refractivity contribution is -0.178. The Balaban J connectivity index is 3.61. The van der Waals surface area contributed by atoms with Gasteiger partial charge in [0.05, 0.1) is 12.2 Å². The van der Waals surface area contributed by atoms with Crippen molar-refractivity contribution in [2.45, 2.75) is 97.6 Å². The fourth-order valence-corrected chi connectivity index (χ4v) is 2.16. The average molecular weight is 300 g/mol. The molecule has 0 aromatic heterocycles. The smallest absolute Gasteiger partial charge is 0.161 e. The van der Waals surface area contributed by atoms with Gasteiger partial charge in [-0.25, -0.2) is 0 Å². The Hall–Kier alpha value is -0.380. The molecule has 0 radical (unpaired) electrons. The maximum absolute atomic E-state index is 8.69. The molecule has 0 unspecified atom stereocenters. The van der Waals surface area contributed by atoms with E-state index in [1.165, 1.54) is 25.7 Å². The Morgan fingerprint density at radius 2 is 1.29 bits per heavy atom. The maximum atomic E-state index is 8.69. The average Bonchev–Trinajstić information content (AvgIpc) is 2.39. The molecule has 0 amide bonds.